The molecule has 0 spiro atoms. The van der Waals surface area contributed by atoms with E-state index in [9.17, 15) is 4.79 Å². The van der Waals surface area contributed by atoms with Crippen molar-refractivity contribution in [2.75, 3.05) is 19.0 Å². The van der Waals surface area contributed by atoms with Crippen molar-refractivity contribution >= 4 is 23.9 Å². The summed E-state index contributed by atoms with van der Waals surface area (Å²) < 4.78 is 0. The largest absolute Gasteiger partial charge is 0.378 e. The molecule has 0 radical (unpaired) electrons. The summed E-state index contributed by atoms with van der Waals surface area (Å²) in [6.07, 6.45) is 0. The van der Waals surface area contributed by atoms with Crippen molar-refractivity contribution in [2.45, 2.75) is 6.92 Å². The van der Waals surface area contributed by atoms with E-state index in [2.05, 4.69) is 0 Å². The second kappa shape index (κ2) is 4.87. The molecule has 0 aliphatic carbocycles. The van der Waals surface area contributed by atoms with Crippen LogP contribution in [0, 0.1) is 0 Å². The number of rotatable bonds is 2. The van der Waals surface area contributed by atoms with Crippen molar-refractivity contribution in [3.05, 3.63) is 29.8 Å². The third kappa shape index (κ3) is 3.07. The van der Waals surface area contributed by atoms with Crippen LogP contribution in [0.15, 0.2) is 24.3 Å². The van der Waals surface area contributed by atoms with Crippen molar-refractivity contribution in [2.24, 2.45) is 0 Å². The van der Waals surface area contributed by atoms with Gasteiger partial charge in [-0.1, -0.05) is 12.1 Å². The fraction of sp³-hybridized carbons (Fsp3) is 0.300. The Morgan fingerprint density at radius 1 is 1.31 bits per heavy atom. The molecular weight excluding hydrogens is 186 g/mol. The lowest BCUT2D eigenvalue weighted by Crippen LogP contribution is -2.09. The molecule has 1 rings (SSSR count). The van der Waals surface area contributed by atoms with Crippen molar-refractivity contribution in [1.82, 2.24) is 0 Å². The first-order chi connectivity index (χ1) is 5.61. The molecule has 1 aromatic carbocycles. The Hall–Kier alpha value is -1.02. The first kappa shape index (κ1) is 12.0. The van der Waals surface area contributed by atoms with Gasteiger partial charge in [-0.15, -0.1) is 12.4 Å². The molecule has 0 fully saturated rings. The maximum absolute atomic E-state index is 11.0. The highest BCUT2D eigenvalue weighted by Crippen LogP contribution is 2.13. The number of Topliss-reactive ketones (excluding diaryl/α,β-unsaturated/α-hetero) is 1. The van der Waals surface area contributed by atoms with Gasteiger partial charge < -0.3 is 4.90 Å². The fourth-order valence-electron chi connectivity index (χ4n) is 1.00. The third-order valence-corrected chi connectivity index (χ3v) is 1.77. The van der Waals surface area contributed by atoms with Crippen LogP contribution >= 0.6 is 12.4 Å². The summed E-state index contributed by atoms with van der Waals surface area (Å²) in [6, 6.07) is 7.59. The number of carbonyl (C=O) groups excluding carboxylic acids is 1. The monoisotopic (exact) mass is 199 g/mol. The molecule has 0 aliphatic heterocycles. The molecule has 0 saturated carbocycles. The van der Waals surface area contributed by atoms with Gasteiger partial charge in [-0.05, 0) is 19.1 Å². The first-order valence-electron chi connectivity index (χ1n) is 3.89. The van der Waals surface area contributed by atoms with Crippen LogP contribution in [-0.2, 0) is 0 Å². The molecule has 0 aromatic heterocycles. The summed E-state index contributed by atoms with van der Waals surface area (Å²) in [5.74, 6) is 0.110. The quantitative estimate of drug-likeness (QED) is 0.682. The smallest absolute Gasteiger partial charge is 0.159 e. The Labute approximate surface area is 85.0 Å². The number of halogens is 1. The summed E-state index contributed by atoms with van der Waals surface area (Å²) in [4.78, 5) is 13.0. The molecule has 72 valence electrons. The molecule has 0 bridgehead atoms. The normalized spacial score (nSPS) is 8.85. The highest BCUT2D eigenvalue weighted by atomic mass is 35.5. The molecule has 0 N–H and O–H groups in total. The van der Waals surface area contributed by atoms with Gasteiger partial charge in [0, 0.05) is 25.3 Å². The Morgan fingerprint density at radius 3 is 2.38 bits per heavy atom. The van der Waals surface area contributed by atoms with Crippen LogP contribution in [0.5, 0.6) is 0 Å². The van der Waals surface area contributed by atoms with E-state index in [0.29, 0.717) is 0 Å². The lowest BCUT2D eigenvalue weighted by Gasteiger charge is -2.12. The number of hydrogen-bond donors (Lipinski definition) is 0. The standard InChI is InChI=1S/C10H13NO.ClH/c1-8(12)9-5-4-6-10(7-9)11(2)3;/h4-7H,1-3H3;1H. The predicted octanol–water partition coefficient (Wildman–Crippen LogP) is 2.38. The van der Waals surface area contributed by atoms with Crippen LogP contribution in [0.4, 0.5) is 5.69 Å². The fourth-order valence-corrected chi connectivity index (χ4v) is 1.00. The number of nitrogens with zero attached hydrogens (tertiary/aromatic N) is 1. The second-order valence-corrected chi connectivity index (χ2v) is 3.00. The summed E-state index contributed by atoms with van der Waals surface area (Å²) in [5.41, 5.74) is 1.82. The molecule has 0 aliphatic rings. The van der Waals surface area contributed by atoms with Crippen LogP contribution in [0.3, 0.4) is 0 Å². The minimum atomic E-state index is 0. The van der Waals surface area contributed by atoms with E-state index in [-0.39, 0.29) is 18.2 Å². The number of benzene rings is 1. The minimum absolute atomic E-state index is 0. The van der Waals surface area contributed by atoms with Crippen molar-refractivity contribution < 1.29 is 4.79 Å². The molecule has 0 unspecified atom stereocenters. The molecule has 1 aromatic rings. The van der Waals surface area contributed by atoms with Gasteiger partial charge >= 0.3 is 0 Å². The molecule has 0 saturated heterocycles. The van der Waals surface area contributed by atoms with E-state index in [1.807, 2.05) is 43.3 Å². The third-order valence-electron chi connectivity index (χ3n) is 1.77. The van der Waals surface area contributed by atoms with Gasteiger partial charge in [0.1, 0.15) is 0 Å². The second-order valence-electron chi connectivity index (χ2n) is 3.00. The van der Waals surface area contributed by atoms with Gasteiger partial charge in [-0.25, -0.2) is 0 Å². The number of ketones is 1. The van der Waals surface area contributed by atoms with Crippen molar-refractivity contribution in [1.29, 1.82) is 0 Å². The number of carbonyl (C=O) groups is 1. The Morgan fingerprint density at radius 2 is 1.92 bits per heavy atom. The molecule has 3 heteroatoms. The molecular formula is C10H14ClNO. The molecule has 2 nitrogen and oxygen atoms in total. The van der Waals surface area contributed by atoms with Gasteiger partial charge in [0.2, 0.25) is 0 Å². The molecule has 0 heterocycles. The van der Waals surface area contributed by atoms with E-state index < -0.39 is 0 Å². The maximum Gasteiger partial charge on any atom is 0.159 e. The summed E-state index contributed by atoms with van der Waals surface area (Å²) >= 11 is 0. The Balaban J connectivity index is 0.00000144. The van der Waals surface area contributed by atoms with Gasteiger partial charge in [0.05, 0.1) is 0 Å². The van der Waals surface area contributed by atoms with Gasteiger partial charge in [-0.2, -0.15) is 0 Å². The van der Waals surface area contributed by atoms with Gasteiger partial charge in [0.25, 0.3) is 0 Å². The summed E-state index contributed by atoms with van der Waals surface area (Å²) in [7, 11) is 3.92. The predicted molar refractivity (Wildman–Crippen MR) is 58.0 cm³/mol. The van der Waals surface area contributed by atoms with Crippen molar-refractivity contribution in [3.8, 4) is 0 Å². The van der Waals surface area contributed by atoms with Crippen LogP contribution in [0.1, 0.15) is 17.3 Å². The van der Waals surface area contributed by atoms with E-state index in [1.165, 1.54) is 0 Å². The minimum Gasteiger partial charge on any atom is -0.378 e. The maximum atomic E-state index is 11.0. The molecule has 13 heavy (non-hydrogen) atoms. The highest BCUT2D eigenvalue weighted by molar-refractivity contribution is 5.94. The summed E-state index contributed by atoms with van der Waals surface area (Å²) in [5, 5.41) is 0. The average Bonchev–Trinajstić information content (AvgIpc) is 2.04. The molecule has 0 amide bonds. The SMILES string of the molecule is CC(=O)c1cccc(N(C)C)c1.Cl. The van der Waals surface area contributed by atoms with Crippen LogP contribution in [0.25, 0.3) is 0 Å². The Bertz CT molecular complexity index is 297. The zero-order chi connectivity index (χ0) is 9.14. The van der Waals surface area contributed by atoms with E-state index in [1.54, 1.807) is 6.92 Å². The van der Waals surface area contributed by atoms with E-state index >= 15 is 0 Å². The molecule has 0 atom stereocenters. The number of hydrogen-bond acceptors (Lipinski definition) is 2. The van der Waals surface area contributed by atoms with Crippen molar-refractivity contribution in [3.63, 3.8) is 0 Å². The van der Waals surface area contributed by atoms with Crippen LogP contribution in [-0.4, -0.2) is 19.9 Å². The van der Waals surface area contributed by atoms with Crippen LogP contribution < -0.4 is 4.90 Å². The lowest BCUT2D eigenvalue weighted by atomic mass is 10.1. The zero-order valence-electron chi connectivity index (χ0n) is 8.07. The summed E-state index contributed by atoms with van der Waals surface area (Å²) in [6.45, 7) is 1.58. The van der Waals surface area contributed by atoms with Crippen LogP contribution in [0.2, 0.25) is 0 Å². The highest BCUT2D eigenvalue weighted by Gasteiger charge is 2.00. The average molecular weight is 200 g/mol. The lowest BCUT2D eigenvalue weighted by molar-refractivity contribution is 0.101. The first-order valence-corrected chi connectivity index (χ1v) is 3.89. The number of anilines is 1. The zero-order valence-corrected chi connectivity index (χ0v) is 8.89. The van der Waals surface area contributed by atoms with Gasteiger partial charge in [-0.3, -0.25) is 4.79 Å². The topological polar surface area (TPSA) is 20.3 Å². The Kier molecular flexibility index (Phi) is 4.49. The van der Waals surface area contributed by atoms with Gasteiger partial charge in [0.15, 0.2) is 5.78 Å². The van der Waals surface area contributed by atoms with E-state index in [4.69, 9.17) is 0 Å². The van der Waals surface area contributed by atoms with E-state index in [0.717, 1.165) is 11.3 Å².